The summed E-state index contributed by atoms with van der Waals surface area (Å²) in [5, 5.41) is 2.96. The van der Waals surface area contributed by atoms with Crippen LogP contribution in [0.1, 0.15) is 17.7 Å². The van der Waals surface area contributed by atoms with Crippen molar-refractivity contribution in [3.63, 3.8) is 0 Å². The third-order valence-corrected chi connectivity index (χ3v) is 5.60. The summed E-state index contributed by atoms with van der Waals surface area (Å²) in [5.74, 6) is 0.986. The van der Waals surface area contributed by atoms with Gasteiger partial charge in [0.25, 0.3) is 0 Å². The summed E-state index contributed by atoms with van der Waals surface area (Å²) in [6.45, 7) is 0.779. The Labute approximate surface area is 157 Å². The molecule has 3 aromatic rings. The monoisotopic (exact) mass is 364 g/mol. The van der Waals surface area contributed by atoms with Gasteiger partial charge in [0.1, 0.15) is 10.8 Å². The van der Waals surface area contributed by atoms with Crippen LogP contribution in [0.2, 0.25) is 0 Å². The number of thiazole rings is 1. The lowest BCUT2D eigenvalue weighted by atomic mass is 10.2. The largest absolute Gasteiger partial charge is 0.496 e. The number of aryl methyl sites for hydroxylation is 1. The van der Waals surface area contributed by atoms with E-state index in [-0.39, 0.29) is 5.91 Å². The lowest BCUT2D eigenvalue weighted by Crippen LogP contribution is -2.29. The highest BCUT2D eigenvalue weighted by Crippen LogP contribution is 2.32. The molecule has 0 radical (unpaired) electrons. The van der Waals surface area contributed by atoms with E-state index in [9.17, 15) is 4.79 Å². The molecule has 26 heavy (non-hydrogen) atoms. The minimum Gasteiger partial charge on any atom is -0.496 e. The molecule has 1 amide bonds. The average Bonchev–Trinajstić information content (AvgIpc) is 3.33. The van der Waals surface area contributed by atoms with Crippen molar-refractivity contribution in [3.05, 3.63) is 65.2 Å². The number of hydrogen-bond donors (Lipinski definition) is 0. The summed E-state index contributed by atoms with van der Waals surface area (Å²) < 4.78 is 5.41. The van der Waals surface area contributed by atoms with Gasteiger partial charge in [-0.1, -0.05) is 30.3 Å². The van der Waals surface area contributed by atoms with E-state index in [1.54, 1.807) is 18.4 Å². The zero-order valence-corrected chi connectivity index (χ0v) is 15.5. The third kappa shape index (κ3) is 3.22. The molecule has 0 N–H and O–H groups in total. The number of amides is 1. The maximum absolute atomic E-state index is 12.6. The van der Waals surface area contributed by atoms with Crippen molar-refractivity contribution in [1.29, 1.82) is 0 Å². The molecule has 0 unspecified atom stereocenters. The van der Waals surface area contributed by atoms with E-state index in [1.165, 1.54) is 5.56 Å². The first-order valence-corrected chi connectivity index (χ1v) is 9.60. The first kappa shape index (κ1) is 16.8. The normalized spacial score (nSPS) is 12.9. The van der Waals surface area contributed by atoms with Gasteiger partial charge in [0.2, 0.25) is 5.91 Å². The molecule has 1 aliphatic rings. The maximum atomic E-state index is 12.6. The molecular formula is C21H20N2O2S. The number of ether oxygens (including phenoxy) is 1. The quantitative estimate of drug-likeness (QED) is 0.676. The Morgan fingerprint density at radius 1 is 1.19 bits per heavy atom. The number of carbonyl (C=O) groups excluding carboxylic acids is 1. The van der Waals surface area contributed by atoms with Crippen LogP contribution in [0.25, 0.3) is 10.6 Å². The number of aromatic nitrogens is 1. The summed E-state index contributed by atoms with van der Waals surface area (Å²) in [6.07, 6.45) is 2.07. The van der Waals surface area contributed by atoms with E-state index in [0.717, 1.165) is 40.7 Å². The van der Waals surface area contributed by atoms with Crippen LogP contribution in [0.4, 0.5) is 5.69 Å². The third-order valence-electron chi connectivity index (χ3n) is 4.67. The molecule has 2 aromatic carbocycles. The molecule has 0 saturated carbocycles. The molecule has 2 heterocycles. The average molecular weight is 364 g/mol. The van der Waals surface area contributed by atoms with Gasteiger partial charge in [-0.25, -0.2) is 4.98 Å². The molecule has 0 aliphatic carbocycles. The zero-order chi connectivity index (χ0) is 17.9. The van der Waals surface area contributed by atoms with Crippen molar-refractivity contribution in [3.8, 4) is 16.3 Å². The highest BCUT2D eigenvalue weighted by Gasteiger charge is 2.23. The van der Waals surface area contributed by atoms with Crippen molar-refractivity contribution in [2.75, 3.05) is 18.6 Å². The van der Waals surface area contributed by atoms with Crippen molar-refractivity contribution in [1.82, 2.24) is 4.98 Å². The predicted octanol–water partition coefficient (Wildman–Crippen LogP) is 4.34. The summed E-state index contributed by atoms with van der Waals surface area (Å²) in [6, 6.07) is 16.0. The van der Waals surface area contributed by atoms with Gasteiger partial charge in [-0.3, -0.25) is 4.79 Å². The summed E-state index contributed by atoms with van der Waals surface area (Å²) in [5.41, 5.74) is 4.27. The molecule has 1 aliphatic heterocycles. The summed E-state index contributed by atoms with van der Waals surface area (Å²) in [7, 11) is 1.67. The van der Waals surface area contributed by atoms with Crippen LogP contribution in [0, 0.1) is 0 Å². The fraction of sp³-hybridized carbons (Fsp3) is 0.238. The Balaban J connectivity index is 1.43. The van der Waals surface area contributed by atoms with Crippen LogP contribution in [-0.2, 0) is 17.6 Å². The molecule has 0 fully saturated rings. The SMILES string of the molecule is COc1ccccc1-c1nc(CCC(=O)N2CCc3ccccc32)cs1. The Morgan fingerprint density at radius 3 is 2.88 bits per heavy atom. The van der Waals surface area contributed by atoms with E-state index in [4.69, 9.17) is 9.72 Å². The number of methoxy groups -OCH3 is 1. The Bertz CT molecular complexity index is 935. The molecular weight excluding hydrogens is 344 g/mol. The topological polar surface area (TPSA) is 42.4 Å². The second-order valence-corrected chi connectivity index (χ2v) is 7.13. The van der Waals surface area contributed by atoms with Crippen molar-refractivity contribution >= 4 is 22.9 Å². The smallest absolute Gasteiger partial charge is 0.227 e. The molecule has 0 bridgehead atoms. The van der Waals surface area contributed by atoms with Gasteiger partial charge in [0.15, 0.2) is 0 Å². The minimum absolute atomic E-state index is 0.168. The van der Waals surface area contributed by atoms with Crippen molar-refractivity contribution in [2.45, 2.75) is 19.3 Å². The van der Waals surface area contributed by atoms with Gasteiger partial charge >= 0.3 is 0 Å². The van der Waals surface area contributed by atoms with Gasteiger partial charge in [0.05, 0.1) is 18.4 Å². The van der Waals surface area contributed by atoms with Crippen LogP contribution >= 0.6 is 11.3 Å². The van der Waals surface area contributed by atoms with Crippen LogP contribution in [0.3, 0.4) is 0 Å². The number of carbonyl (C=O) groups is 1. The van der Waals surface area contributed by atoms with Gasteiger partial charge < -0.3 is 9.64 Å². The first-order valence-electron chi connectivity index (χ1n) is 8.72. The number of benzene rings is 2. The van der Waals surface area contributed by atoms with Gasteiger partial charge in [-0.15, -0.1) is 11.3 Å². The molecule has 4 rings (SSSR count). The molecule has 5 heteroatoms. The minimum atomic E-state index is 0.168. The first-order chi connectivity index (χ1) is 12.8. The van der Waals surface area contributed by atoms with Crippen LogP contribution < -0.4 is 9.64 Å². The van der Waals surface area contributed by atoms with E-state index < -0.39 is 0 Å². The lowest BCUT2D eigenvalue weighted by molar-refractivity contribution is -0.118. The van der Waals surface area contributed by atoms with Crippen LogP contribution in [-0.4, -0.2) is 24.5 Å². The van der Waals surface area contributed by atoms with Gasteiger partial charge in [0, 0.05) is 24.0 Å². The predicted molar refractivity (Wildman–Crippen MR) is 105 cm³/mol. The van der Waals surface area contributed by atoms with Gasteiger partial charge in [-0.05, 0) is 36.6 Å². The Hall–Kier alpha value is -2.66. The molecule has 132 valence electrons. The highest BCUT2D eigenvalue weighted by atomic mass is 32.1. The lowest BCUT2D eigenvalue weighted by Gasteiger charge is -2.16. The molecule has 0 spiro atoms. The number of nitrogens with zero attached hydrogens (tertiary/aromatic N) is 2. The number of anilines is 1. The Kier molecular flexibility index (Phi) is 4.71. The Morgan fingerprint density at radius 2 is 2.00 bits per heavy atom. The zero-order valence-electron chi connectivity index (χ0n) is 14.6. The van der Waals surface area contributed by atoms with E-state index in [1.807, 2.05) is 52.7 Å². The van der Waals surface area contributed by atoms with E-state index in [2.05, 4.69) is 6.07 Å². The number of para-hydroxylation sites is 2. The second kappa shape index (κ2) is 7.30. The summed E-state index contributed by atoms with van der Waals surface area (Å²) in [4.78, 5) is 19.2. The van der Waals surface area contributed by atoms with Crippen LogP contribution in [0.5, 0.6) is 5.75 Å². The fourth-order valence-corrected chi connectivity index (χ4v) is 4.22. The molecule has 1 aromatic heterocycles. The standard InChI is InChI=1S/C21H20N2O2S/c1-25-19-9-5-3-7-17(19)21-22-16(14-26-21)10-11-20(24)23-13-12-15-6-2-4-8-18(15)23/h2-9,14H,10-13H2,1H3. The number of hydrogen-bond acceptors (Lipinski definition) is 4. The fourth-order valence-electron chi connectivity index (χ4n) is 3.33. The summed E-state index contributed by atoms with van der Waals surface area (Å²) >= 11 is 1.59. The maximum Gasteiger partial charge on any atom is 0.227 e. The number of rotatable bonds is 5. The second-order valence-electron chi connectivity index (χ2n) is 6.27. The molecule has 0 saturated heterocycles. The van der Waals surface area contributed by atoms with Crippen molar-refractivity contribution in [2.24, 2.45) is 0 Å². The van der Waals surface area contributed by atoms with Gasteiger partial charge in [-0.2, -0.15) is 0 Å². The van der Waals surface area contributed by atoms with Crippen molar-refractivity contribution < 1.29 is 9.53 Å². The number of fused-ring (bicyclic) bond motifs is 1. The molecule has 4 nitrogen and oxygen atoms in total. The highest BCUT2D eigenvalue weighted by molar-refractivity contribution is 7.13. The van der Waals surface area contributed by atoms with E-state index in [0.29, 0.717) is 12.8 Å². The molecule has 0 atom stereocenters. The van der Waals surface area contributed by atoms with Crippen LogP contribution in [0.15, 0.2) is 53.9 Å². The van der Waals surface area contributed by atoms with E-state index >= 15 is 0 Å².